The molecule has 86 valence electrons. The molecule has 1 heterocycles. The van der Waals surface area contributed by atoms with E-state index in [1.807, 2.05) is 0 Å². The smallest absolute Gasteiger partial charge is 0.240 e. The van der Waals surface area contributed by atoms with Gasteiger partial charge in [-0.1, -0.05) is 0 Å². The lowest BCUT2D eigenvalue weighted by Crippen LogP contribution is -3.00. The van der Waals surface area contributed by atoms with Crippen molar-refractivity contribution in [3.05, 3.63) is 0 Å². The van der Waals surface area contributed by atoms with Crippen LogP contribution in [0.3, 0.4) is 0 Å². The molecule has 1 fully saturated rings. The lowest BCUT2D eigenvalue weighted by molar-refractivity contribution is -0.927. The summed E-state index contributed by atoms with van der Waals surface area (Å²) in [5, 5.41) is 0. The molecule has 0 aromatic rings. The Balaban J connectivity index is 0. The van der Waals surface area contributed by atoms with Crippen LogP contribution in [0.5, 0.6) is 0 Å². The van der Waals surface area contributed by atoms with Crippen molar-refractivity contribution in [2.24, 2.45) is 0 Å². The molecule has 1 aliphatic heterocycles. The Morgan fingerprint density at radius 3 is 1.43 bits per heavy atom. The maximum Gasteiger partial charge on any atom is 0.240 e. The third kappa shape index (κ3) is 5.44. The van der Waals surface area contributed by atoms with Gasteiger partial charge in [-0.05, 0) is 0 Å². The number of halogens is 2. The van der Waals surface area contributed by atoms with E-state index in [9.17, 15) is 4.79 Å². The summed E-state index contributed by atoms with van der Waals surface area (Å²) in [4.78, 5) is 11.5. The van der Waals surface area contributed by atoms with Crippen LogP contribution in [0, 0.1) is 0 Å². The number of likely N-dealkylation sites (N-methyl/N-ethyl adjacent to an activating group) is 2. The zero-order valence-corrected chi connectivity index (χ0v) is 12.6. The van der Waals surface area contributed by atoms with Crippen molar-refractivity contribution in [3.63, 3.8) is 0 Å². The quantitative estimate of drug-likeness (QED) is 0.404. The first-order valence-corrected chi connectivity index (χ1v) is 4.46. The first kappa shape index (κ1) is 17.0. The van der Waals surface area contributed by atoms with Gasteiger partial charge in [0.05, 0.1) is 28.2 Å². The molecule has 0 aromatic heterocycles. The number of hydrogen-bond donors (Lipinski definition) is 0. The molecule has 0 aromatic carbocycles. The monoisotopic (exact) mass is 330 g/mol. The second kappa shape index (κ2) is 5.58. The standard InChI is InChI=1S/C9H20N2O.2BrH/c1-10(2)5-6-11(3,4)8-9(12)7-10;;/h5-8H2,1-4H3;2*1H/q+2;;/p-2. The van der Waals surface area contributed by atoms with Gasteiger partial charge in [-0.15, -0.1) is 0 Å². The molecule has 0 bridgehead atoms. The summed E-state index contributed by atoms with van der Waals surface area (Å²) < 4.78 is 1.70. The van der Waals surface area contributed by atoms with E-state index >= 15 is 0 Å². The van der Waals surface area contributed by atoms with E-state index in [2.05, 4.69) is 28.2 Å². The van der Waals surface area contributed by atoms with E-state index < -0.39 is 0 Å². The average molecular weight is 332 g/mol. The van der Waals surface area contributed by atoms with Gasteiger partial charge in [0.15, 0.2) is 0 Å². The van der Waals surface area contributed by atoms with Gasteiger partial charge in [-0.25, -0.2) is 0 Å². The molecule has 0 spiro atoms. The highest BCUT2D eigenvalue weighted by Crippen LogP contribution is 2.08. The highest BCUT2D eigenvalue weighted by atomic mass is 79.9. The van der Waals surface area contributed by atoms with Crippen LogP contribution in [-0.4, -0.2) is 69.1 Å². The average Bonchev–Trinajstić information content (AvgIpc) is 1.87. The van der Waals surface area contributed by atoms with Crippen molar-refractivity contribution in [3.8, 4) is 0 Å². The number of ketones is 1. The third-order valence-electron chi connectivity index (χ3n) is 2.52. The third-order valence-corrected chi connectivity index (χ3v) is 2.52. The fourth-order valence-electron chi connectivity index (χ4n) is 1.70. The first-order chi connectivity index (χ1) is 5.31. The van der Waals surface area contributed by atoms with E-state index in [1.165, 1.54) is 0 Å². The van der Waals surface area contributed by atoms with E-state index in [0.29, 0.717) is 18.9 Å². The zero-order valence-electron chi connectivity index (χ0n) is 9.39. The van der Waals surface area contributed by atoms with Crippen molar-refractivity contribution in [2.45, 2.75) is 0 Å². The Morgan fingerprint density at radius 1 is 0.857 bits per heavy atom. The lowest BCUT2D eigenvalue weighted by Gasteiger charge is -2.28. The second-order valence-electron chi connectivity index (χ2n) is 5.17. The van der Waals surface area contributed by atoms with Gasteiger partial charge in [0.25, 0.3) is 0 Å². The molecule has 0 radical (unpaired) electrons. The molecule has 3 nitrogen and oxygen atoms in total. The molecular formula is C9H20Br2N2O. The van der Waals surface area contributed by atoms with Crippen molar-refractivity contribution < 1.29 is 47.7 Å². The molecule has 0 amide bonds. The van der Waals surface area contributed by atoms with Crippen LogP contribution in [0.2, 0.25) is 0 Å². The van der Waals surface area contributed by atoms with E-state index in [1.54, 1.807) is 0 Å². The van der Waals surface area contributed by atoms with Gasteiger partial charge in [-0.2, -0.15) is 0 Å². The first-order valence-electron chi connectivity index (χ1n) is 4.46. The minimum atomic E-state index is 0. The highest BCUT2D eigenvalue weighted by molar-refractivity contribution is 5.80. The van der Waals surface area contributed by atoms with Crippen molar-refractivity contribution in [1.29, 1.82) is 0 Å². The van der Waals surface area contributed by atoms with Gasteiger partial charge in [-0.3, -0.25) is 4.79 Å². The minimum Gasteiger partial charge on any atom is -1.00 e. The van der Waals surface area contributed by atoms with Gasteiger partial charge in [0, 0.05) is 0 Å². The van der Waals surface area contributed by atoms with E-state index in [4.69, 9.17) is 0 Å². The lowest BCUT2D eigenvalue weighted by atomic mass is 10.3. The molecule has 0 unspecified atom stereocenters. The van der Waals surface area contributed by atoms with E-state index in [0.717, 1.165) is 22.1 Å². The Morgan fingerprint density at radius 2 is 1.14 bits per heavy atom. The Hall–Kier alpha value is 0.550. The summed E-state index contributed by atoms with van der Waals surface area (Å²) in [7, 11) is 8.51. The van der Waals surface area contributed by atoms with Crippen molar-refractivity contribution in [1.82, 2.24) is 0 Å². The van der Waals surface area contributed by atoms with Gasteiger partial charge in [0.1, 0.15) is 26.2 Å². The van der Waals surface area contributed by atoms with Crippen LogP contribution < -0.4 is 34.0 Å². The molecular weight excluding hydrogens is 312 g/mol. The predicted molar refractivity (Wildman–Crippen MR) is 48.7 cm³/mol. The molecule has 0 saturated carbocycles. The minimum absolute atomic E-state index is 0. The SMILES string of the molecule is C[N+]1(C)CC[N+](C)(C)CC(=O)C1.[Br-].[Br-]. The molecule has 0 N–H and O–H groups in total. The summed E-state index contributed by atoms with van der Waals surface area (Å²) in [5.41, 5.74) is 0. The van der Waals surface area contributed by atoms with Gasteiger partial charge < -0.3 is 42.9 Å². The zero-order chi connectivity index (χ0) is 9.41. The number of Topliss-reactive ketones (excluding diaryl/α,β-unsaturated/α-hetero) is 1. The summed E-state index contributed by atoms with van der Waals surface area (Å²) in [6, 6.07) is 0. The molecule has 0 atom stereocenters. The Labute approximate surface area is 108 Å². The van der Waals surface area contributed by atoms with Crippen LogP contribution in [-0.2, 0) is 4.79 Å². The number of rotatable bonds is 0. The molecule has 1 aliphatic rings. The number of nitrogens with zero attached hydrogens (tertiary/aromatic N) is 2. The Kier molecular flexibility index (Phi) is 6.76. The van der Waals surface area contributed by atoms with E-state index in [-0.39, 0.29) is 34.0 Å². The fraction of sp³-hybridized carbons (Fsp3) is 0.889. The number of carbonyl (C=O) groups is 1. The summed E-state index contributed by atoms with van der Waals surface area (Å²) in [5.74, 6) is 0.391. The predicted octanol–water partition coefficient (Wildman–Crippen LogP) is -6.27. The maximum absolute atomic E-state index is 11.5. The van der Waals surface area contributed by atoms with Crippen LogP contribution in [0.1, 0.15) is 0 Å². The van der Waals surface area contributed by atoms with Crippen LogP contribution >= 0.6 is 0 Å². The normalized spacial score (nSPS) is 24.1. The van der Waals surface area contributed by atoms with Crippen LogP contribution in [0.15, 0.2) is 0 Å². The molecule has 0 aliphatic carbocycles. The largest absolute Gasteiger partial charge is 1.00 e. The maximum atomic E-state index is 11.5. The van der Waals surface area contributed by atoms with Gasteiger partial charge in [0.2, 0.25) is 5.78 Å². The number of carbonyl (C=O) groups excluding carboxylic acids is 1. The van der Waals surface area contributed by atoms with Gasteiger partial charge >= 0.3 is 0 Å². The number of hydrogen-bond acceptors (Lipinski definition) is 1. The summed E-state index contributed by atoms with van der Waals surface area (Å²) in [6.07, 6.45) is 0. The summed E-state index contributed by atoms with van der Waals surface area (Å²) >= 11 is 0. The highest BCUT2D eigenvalue weighted by Gasteiger charge is 2.32. The second-order valence-corrected chi connectivity index (χ2v) is 5.17. The van der Waals surface area contributed by atoms with Crippen molar-refractivity contribution in [2.75, 3.05) is 54.4 Å². The Bertz CT molecular complexity index is 185. The molecule has 1 rings (SSSR count). The topological polar surface area (TPSA) is 17.1 Å². The molecule has 1 saturated heterocycles. The molecule has 5 heteroatoms. The van der Waals surface area contributed by atoms with Crippen LogP contribution in [0.25, 0.3) is 0 Å². The van der Waals surface area contributed by atoms with Crippen LogP contribution in [0.4, 0.5) is 0 Å². The fourth-order valence-corrected chi connectivity index (χ4v) is 1.70. The van der Waals surface area contributed by atoms with Crippen molar-refractivity contribution >= 4 is 5.78 Å². The molecule has 14 heavy (non-hydrogen) atoms. The number of quaternary nitrogens is 2. The summed E-state index contributed by atoms with van der Waals surface area (Å²) in [6.45, 7) is 3.58.